The molecular formula is C12H22N2O. The van der Waals surface area contributed by atoms with E-state index < -0.39 is 0 Å². The first-order chi connectivity index (χ1) is 7.29. The van der Waals surface area contributed by atoms with Crippen LogP contribution in [0.1, 0.15) is 38.5 Å². The summed E-state index contributed by atoms with van der Waals surface area (Å²) in [6, 6.07) is 0.527. The van der Waals surface area contributed by atoms with Crippen LogP contribution in [0.3, 0.4) is 0 Å². The summed E-state index contributed by atoms with van der Waals surface area (Å²) in [5, 5.41) is 3.31. The van der Waals surface area contributed by atoms with Crippen molar-refractivity contribution >= 4 is 5.91 Å². The molecule has 1 amide bonds. The van der Waals surface area contributed by atoms with Crippen molar-refractivity contribution in [3.05, 3.63) is 0 Å². The summed E-state index contributed by atoms with van der Waals surface area (Å²) < 4.78 is 0. The van der Waals surface area contributed by atoms with Crippen molar-refractivity contribution in [1.82, 2.24) is 10.2 Å². The average molecular weight is 210 g/mol. The highest BCUT2D eigenvalue weighted by atomic mass is 16.2. The van der Waals surface area contributed by atoms with Gasteiger partial charge >= 0.3 is 0 Å². The Labute approximate surface area is 92.2 Å². The lowest BCUT2D eigenvalue weighted by atomic mass is 9.97. The molecule has 0 aromatic rings. The molecule has 1 saturated carbocycles. The Hall–Kier alpha value is -0.570. The van der Waals surface area contributed by atoms with Crippen LogP contribution in [0.5, 0.6) is 0 Å². The fraction of sp³-hybridized carbons (Fsp3) is 0.917. The SMILES string of the molecule is CN(C(=O)C1CCCNC1)C1CCCC1. The summed E-state index contributed by atoms with van der Waals surface area (Å²) in [7, 11) is 1.99. The number of nitrogens with one attached hydrogen (secondary N) is 1. The van der Waals surface area contributed by atoms with Crippen molar-refractivity contribution in [3.8, 4) is 0 Å². The molecule has 0 aromatic heterocycles. The Balaban J connectivity index is 1.87. The summed E-state index contributed by atoms with van der Waals surface area (Å²) >= 11 is 0. The first kappa shape index (κ1) is 10.9. The minimum absolute atomic E-state index is 0.240. The fourth-order valence-electron chi connectivity index (χ4n) is 2.82. The fourth-order valence-corrected chi connectivity index (χ4v) is 2.82. The summed E-state index contributed by atoms with van der Waals surface area (Å²) in [5.41, 5.74) is 0. The maximum atomic E-state index is 12.2. The number of hydrogen-bond acceptors (Lipinski definition) is 2. The quantitative estimate of drug-likeness (QED) is 0.747. The average Bonchev–Trinajstić information content (AvgIpc) is 2.82. The van der Waals surface area contributed by atoms with E-state index in [1.165, 1.54) is 25.7 Å². The summed E-state index contributed by atoms with van der Waals surface area (Å²) in [5.74, 6) is 0.610. The second-order valence-corrected chi connectivity index (χ2v) is 4.93. The number of nitrogens with zero attached hydrogens (tertiary/aromatic N) is 1. The van der Waals surface area contributed by atoms with Crippen LogP contribution >= 0.6 is 0 Å². The minimum Gasteiger partial charge on any atom is -0.342 e. The number of piperidine rings is 1. The molecule has 0 spiro atoms. The van der Waals surface area contributed by atoms with Gasteiger partial charge in [0.25, 0.3) is 0 Å². The van der Waals surface area contributed by atoms with Crippen LogP contribution < -0.4 is 5.32 Å². The molecule has 1 aliphatic carbocycles. The van der Waals surface area contributed by atoms with Crippen LogP contribution in [-0.4, -0.2) is 37.0 Å². The van der Waals surface area contributed by atoms with Gasteiger partial charge in [-0.05, 0) is 32.2 Å². The summed E-state index contributed by atoms with van der Waals surface area (Å²) in [6.07, 6.45) is 7.24. The molecular weight excluding hydrogens is 188 g/mol. The van der Waals surface area contributed by atoms with Gasteiger partial charge in [-0.25, -0.2) is 0 Å². The van der Waals surface area contributed by atoms with Crippen molar-refractivity contribution in [2.75, 3.05) is 20.1 Å². The highest BCUT2D eigenvalue weighted by molar-refractivity contribution is 5.79. The lowest BCUT2D eigenvalue weighted by Gasteiger charge is -2.30. The Bertz CT molecular complexity index is 218. The highest BCUT2D eigenvalue weighted by Gasteiger charge is 2.29. The van der Waals surface area contributed by atoms with E-state index in [0.29, 0.717) is 11.9 Å². The molecule has 2 rings (SSSR count). The van der Waals surface area contributed by atoms with Crippen molar-refractivity contribution in [3.63, 3.8) is 0 Å². The number of carbonyl (C=O) groups excluding carboxylic acids is 1. The standard InChI is InChI=1S/C12H22N2O/c1-14(11-6-2-3-7-11)12(15)10-5-4-8-13-9-10/h10-11,13H,2-9H2,1H3. The van der Waals surface area contributed by atoms with Crippen molar-refractivity contribution in [2.24, 2.45) is 5.92 Å². The van der Waals surface area contributed by atoms with E-state index in [4.69, 9.17) is 0 Å². The van der Waals surface area contributed by atoms with E-state index in [-0.39, 0.29) is 5.92 Å². The van der Waals surface area contributed by atoms with Gasteiger partial charge in [-0.1, -0.05) is 12.8 Å². The van der Waals surface area contributed by atoms with E-state index in [1.807, 2.05) is 11.9 Å². The molecule has 86 valence electrons. The van der Waals surface area contributed by atoms with Gasteiger partial charge in [0.05, 0.1) is 5.92 Å². The minimum atomic E-state index is 0.240. The largest absolute Gasteiger partial charge is 0.342 e. The summed E-state index contributed by atoms with van der Waals surface area (Å²) in [6.45, 7) is 1.97. The zero-order valence-electron chi connectivity index (χ0n) is 9.67. The zero-order chi connectivity index (χ0) is 10.7. The van der Waals surface area contributed by atoms with Gasteiger partial charge in [-0.15, -0.1) is 0 Å². The van der Waals surface area contributed by atoms with Crippen LogP contribution in [0.15, 0.2) is 0 Å². The van der Waals surface area contributed by atoms with Crippen molar-refractivity contribution in [1.29, 1.82) is 0 Å². The second kappa shape index (κ2) is 4.97. The van der Waals surface area contributed by atoms with Crippen molar-refractivity contribution < 1.29 is 4.79 Å². The lowest BCUT2D eigenvalue weighted by molar-refractivity contribution is -0.136. The van der Waals surface area contributed by atoms with Gasteiger partial charge in [0.15, 0.2) is 0 Å². The molecule has 0 radical (unpaired) electrons. The molecule has 3 heteroatoms. The molecule has 1 saturated heterocycles. The molecule has 2 fully saturated rings. The Morgan fingerprint density at radius 2 is 1.93 bits per heavy atom. The maximum absolute atomic E-state index is 12.2. The van der Waals surface area contributed by atoms with E-state index in [9.17, 15) is 4.79 Å². The van der Waals surface area contributed by atoms with E-state index >= 15 is 0 Å². The monoisotopic (exact) mass is 210 g/mol. The van der Waals surface area contributed by atoms with Gasteiger partial charge in [-0.2, -0.15) is 0 Å². The smallest absolute Gasteiger partial charge is 0.226 e. The second-order valence-electron chi connectivity index (χ2n) is 4.93. The molecule has 1 unspecified atom stereocenters. The molecule has 1 atom stereocenters. The normalized spacial score (nSPS) is 27.9. The Morgan fingerprint density at radius 3 is 2.53 bits per heavy atom. The molecule has 1 N–H and O–H groups in total. The van der Waals surface area contributed by atoms with Gasteiger partial charge in [0.2, 0.25) is 5.91 Å². The number of rotatable bonds is 2. The van der Waals surface area contributed by atoms with Gasteiger partial charge in [0.1, 0.15) is 0 Å². The van der Waals surface area contributed by atoms with Gasteiger partial charge in [-0.3, -0.25) is 4.79 Å². The number of carbonyl (C=O) groups is 1. The summed E-state index contributed by atoms with van der Waals surface area (Å²) in [4.78, 5) is 14.2. The van der Waals surface area contributed by atoms with Gasteiger partial charge in [0, 0.05) is 19.6 Å². The van der Waals surface area contributed by atoms with Crippen LogP contribution in [0.4, 0.5) is 0 Å². The maximum Gasteiger partial charge on any atom is 0.226 e. The highest BCUT2D eigenvalue weighted by Crippen LogP contribution is 2.24. The van der Waals surface area contributed by atoms with E-state index in [2.05, 4.69) is 5.32 Å². The third kappa shape index (κ3) is 2.51. The van der Waals surface area contributed by atoms with E-state index in [0.717, 1.165) is 25.9 Å². The molecule has 0 aromatic carbocycles. The molecule has 2 aliphatic rings. The molecule has 1 heterocycles. The number of hydrogen-bond donors (Lipinski definition) is 1. The first-order valence-corrected chi connectivity index (χ1v) is 6.26. The molecule has 15 heavy (non-hydrogen) atoms. The van der Waals surface area contributed by atoms with Gasteiger partial charge < -0.3 is 10.2 Å². The third-order valence-corrected chi connectivity index (χ3v) is 3.87. The van der Waals surface area contributed by atoms with Crippen LogP contribution in [0, 0.1) is 5.92 Å². The molecule has 1 aliphatic heterocycles. The van der Waals surface area contributed by atoms with E-state index in [1.54, 1.807) is 0 Å². The van der Waals surface area contributed by atoms with Crippen LogP contribution in [0.25, 0.3) is 0 Å². The topological polar surface area (TPSA) is 32.3 Å². The molecule has 3 nitrogen and oxygen atoms in total. The Morgan fingerprint density at radius 1 is 1.20 bits per heavy atom. The molecule has 0 bridgehead atoms. The lowest BCUT2D eigenvalue weighted by Crippen LogP contribution is -2.44. The first-order valence-electron chi connectivity index (χ1n) is 6.26. The van der Waals surface area contributed by atoms with Crippen molar-refractivity contribution in [2.45, 2.75) is 44.6 Å². The predicted molar refractivity (Wildman–Crippen MR) is 60.6 cm³/mol. The third-order valence-electron chi connectivity index (χ3n) is 3.87. The zero-order valence-corrected chi connectivity index (χ0v) is 9.67. The predicted octanol–water partition coefficient (Wildman–Crippen LogP) is 1.39. The number of amides is 1. The van der Waals surface area contributed by atoms with Crippen LogP contribution in [-0.2, 0) is 4.79 Å². The Kier molecular flexibility index (Phi) is 3.62. The van der Waals surface area contributed by atoms with Crippen LogP contribution in [0.2, 0.25) is 0 Å².